The van der Waals surface area contributed by atoms with Crippen LogP contribution in [0.4, 0.5) is 0 Å². The Morgan fingerprint density at radius 3 is 1.86 bits per heavy atom. The largest absolute Gasteiger partial charge is 0.309 e. The SMILES string of the molecule is Cc1cc(=O)c(C(=O)NNC(=O)c2nc(-c3ccccc3)n(-c3ccccc3)n2)nn1-c1ccccc1. The number of nitrogens with one attached hydrogen (secondary N) is 2. The fourth-order valence-electron chi connectivity index (χ4n) is 3.70. The third kappa shape index (κ3) is 4.89. The molecule has 2 N–H and O–H groups in total. The highest BCUT2D eigenvalue weighted by Gasteiger charge is 2.21. The first-order valence-electron chi connectivity index (χ1n) is 11.4. The molecule has 0 radical (unpaired) electrons. The Hall–Kier alpha value is -5.38. The first-order chi connectivity index (χ1) is 18.0. The van der Waals surface area contributed by atoms with Crippen LogP contribution in [0, 0.1) is 6.92 Å². The molecule has 0 aliphatic carbocycles. The van der Waals surface area contributed by atoms with Crippen molar-refractivity contribution in [1.82, 2.24) is 35.4 Å². The number of rotatable bonds is 5. The summed E-state index contributed by atoms with van der Waals surface area (Å²) in [5.74, 6) is -1.33. The molecule has 0 atom stereocenters. The number of carbonyl (C=O) groups excluding carboxylic acids is 2. The predicted molar refractivity (Wildman–Crippen MR) is 136 cm³/mol. The second kappa shape index (κ2) is 10.1. The van der Waals surface area contributed by atoms with Gasteiger partial charge in [0, 0.05) is 17.3 Å². The summed E-state index contributed by atoms with van der Waals surface area (Å²) in [5, 5.41) is 8.55. The number of hydrazine groups is 1. The molecule has 3 aromatic carbocycles. The van der Waals surface area contributed by atoms with Crippen molar-refractivity contribution in [2.24, 2.45) is 0 Å². The van der Waals surface area contributed by atoms with Gasteiger partial charge in [-0.05, 0) is 31.2 Å². The van der Waals surface area contributed by atoms with Crippen molar-refractivity contribution in [1.29, 1.82) is 0 Å². The summed E-state index contributed by atoms with van der Waals surface area (Å²) in [4.78, 5) is 42.5. The second-order valence-electron chi connectivity index (χ2n) is 8.03. The number of hydrogen-bond acceptors (Lipinski definition) is 6. The molecular weight excluding hydrogens is 470 g/mol. The Morgan fingerprint density at radius 2 is 1.24 bits per heavy atom. The van der Waals surface area contributed by atoms with Gasteiger partial charge >= 0.3 is 5.91 Å². The van der Waals surface area contributed by atoms with Gasteiger partial charge in [0.2, 0.25) is 11.3 Å². The van der Waals surface area contributed by atoms with Gasteiger partial charge in [-0.15, -0.1) is 5.10 Å². The molecule has 0 aliphatic rings. The van der Waals surface area contributed by atoms with Crippen LogP contribution >= 0.6 is 0 Å². The van der Waals surface area contributed by atoms with E-state index < -0.39 is 17.2 Å². The number of carbonyl (C=O) groups is 2. The molecule has 0 aliphatic heterocycles. The molecule has 0 saturated heterocycles. The zero-order valence-electron chi connectivity index (χ0n) is 19.7. The van der Waals surface area contributed by atoms with Crippen molar-refractivity contribution in [2.75, 3.05) is 0 Å². The number of aromatic nitrogens is 5. The number of nitrogens with zero attached hydrogens (tertiary/aromatic N) is 5. The maximum atomic E-state index is 12.9. The molecule has 5 aromatic rings. The van der Waals surface area contributed by atoms with E-state index in [0.717, 1.165) is 5.56 Å². The lowest BCUT2D eigenvalue weighted by Crippen LogP contribution is -2.44. The topological polar surface area (TPSA) is 124 Å². The van der Waals surface area contributed by atoms with Crippen molar-refractivity contribution in [2.45, 2.75) is 6.92 Å². The van der Waals surface area contributed by atoms with Crippen LogP contribution < -0.4 is 16.3 Å². The van der Waals surface area contributed by atoms with Crippen molar-refractivity contribution >= 4 is 11.8 Å². The molecule has 0 bridgehead atoms. The molecule has 0 unspecified atom stereocenters. The van der Waals surface area contributed by atoms with Crippen LogP contribution in [0.1, 0.15) is 26.8 Å². The Balaban J connectivity index is 1.39. The minimum atomic E-state index is -0.867. The lowest BCUT2D eigenvalue weighted by atomic mass is 10.2. The molecule has 37 heavy (non-hydrogen) atoms. The Kier molecular flexibility index (Phi) is 6.37. The van der Waals surface area contributed by atoms with Crippen LogP contribution in [0.2, 0.25) is 0 Å². The van der Waals surface area contributed by atoms with E-state index in [1.165, 1.54) is 10.7 Å². The van der Waals surface area contributed by atoms with E-state index in [2.05, 4.69) is 26.0 Å². The number of benzene rings is 3. The molecule has 5 rings (SSSR count). The van der Waals surface area contributed by atoms with Crippen molar-refractivity contribution < 1.29 is 9.59 Å². The van der Waals surface area contributed by atoms with Gasteiger partial charge < -0.3 is 0 Å². The van der Waals surface area contributed by atoms with Crippen LogP contribution in [0.15, 0.2) is 102 Å². The van der Waals surface area contributed by atoms with Gasteiger partial charge in [-0.1, -0.05) is 66.7 Å². The molecule has 0 fully saturated rings. The first kappa shape index (κ1) is 23.4. The molecule has 182 valence electrons. The quantitative estimate of drug-likeness (QED) is 0.365. The van der Waals surface area contributed by atoms with Gasteiger partial charge in [0.1, 0.15) is 0 Å². The highest BCUT2D eigenvalue weighted by atomic mass is 16.2. The predicted octanol–water partition coefficient (Wildman–Crippen LogP) is 2.86. The highest BCUT2D eigenvalue weighted by molar-refractivity contribution is 5.96. The molecule has 2 heterocycles. The zero-order valence-corrected chi connectivity index (χ0v) is 19.7. The lowest BCUT2D eigenvalue weighted by molar-refractivity contribution is 0.0836. The number of amides is 2. The molecule has 0 saturated carbocycles. The zero-order chi connectivity index (χ0) is 25.8. The van der Waals surface area contributed by atoms with Gasteiger partial charge in [0.05, 0.1) is 11.4 Å². The summed E-state index contributed by atoms with van der Waals surface area (Å²) in [6, 6.07) is 28.9. The molecule has 10 nitrogen and oxygen atoms in total. The molecule has 2 amide bonds. The summed E-state index contributed by atoms with van der Waals surface area (Å²) >= 11 is 0. The fourth-order valence-corrected chi connectivity index (χ4v) is 3.70. The number of aryl methyl sites for hydroxylation is 1. The third-order valence-corrected chi connectivity index (χ3v) is 5.46. The fraction of sp³-hybridized carbons (Fsp3) is 0.0370. The van der Waals surface area contributed by atoms with Gasteiger partial charge in [-0.2, -0.15) is 5.10 Å². The number of para-hydroxylation sites is 2. The van der Waals surface area contributed by atoms with Gasteiger partial charge in [0.15, 0.2) is 11.5 Å². The van der Waals surface area contributed by atoms with E-state index >= 15 is 0 Å². The van der Waals surface area contributed by atoms with E-state index in [0.29, 0.717) is 22.9 Å². The van der Waals surface area contributed by atoms with Crippen LogP contribution in [0.25, 0.3) is 22.8 Å². The summed E-state index contributed by atoms with van der Waals surface area (Å²) in [5.41, 5.74) is 6.28. The van der Waals surface area contributed by atoms with Crippen molar-refractivity contribution in [3.63, 3.8) is 0 Å². The molecule has 2 aromatic heterocycles. The van der Waals surface area contributed by atoms with E-state index in [1.54, 1.807) is 23.7 Å². The standard InChI is InChI=1S/C27H21N7O3/c1-18-17-22(35)23(31-33(18)20-13-7-3-8-14-20)26(36)29-30-27(37)24-28-25(19-11-5-2-6-12-19)34(32-24)21-15-9-4-10-16-21/h2-17H,1H3,(H,29,36)(H,30,37). The van der Waals surface area contributed by atoms with Gasteiger partial charge in [-0.25, -0.2) is 14.3 Å². The van der Waals surface area contributed by atoms with E-state index in [9.17, 15) is 14.4 Å². The van der Waals surface area contributed by atoms with Crippen molar-refractivity contribution in [3.05, 3.63) is 124 Å². The minimum Gasteiger partial charge on any atom is -0.287 e. The van der Waals surface area contributed by atoms with E-state index in [1.807, 2.05) is 78.9 Å². The maximum absolute atomic E-state index is 12.9. The second-order valence-corrected chi connectivity index (χ2v) is 8.03. The molecular formula is C27H21N7O3. The van der Waals surface area contributed by atoms with E-state index in [-0.39, 0.29) is 11.5 Å². The number of hydrogen-bond donors (Lipinski definition) is 2. The smallest absolute Gasteiger partial charge is 0.287 e. The molecule has 0 spiro atoms. The van der Waals surface area contributed by atoms with E-state index in [4.69, 9.17) is 0 Å². The first-order valence-corrected chi connectivity index (χ1v) is 11.4. The Bertz CT molecular complexity index is 1570. The summed E-state index contributed by atoms with van der Waals surface area (Å²) in [6.07, 6.45) is 0. The highest BCUT2D eigenvalue weighted by Crippen LogP contribution is 2.21. The van der Waals surface area contributed by atoms with Crippen molar-refractivity contribution in [3.8, 4) is 22.8 Å². The van der Waals surface area contributed by atoms with Crippen LogP contribution in [0.5, 0.6) is 0 Å². The third-order valence-electron chi connectivity index (χ3n) is 5.46. The Labute approximate surface area is 211 Å². The minimum absolute atomic E-state index is 0.165. The summed E-state index contributed by atoms with van der Waals surface area (Å²) < 4.78 is 3.03. The van der Waals surface area contributed by atoms with Crippen LogP contribution in [0.3, 0.4) is 0 Å². The summed E-state index contributed by atoms with van der Waals surface area (Å²) in [6.45, 7) is 1.71. The van der Waals surface area contributed by atoms with Crippen LogP contribution in [-0.4, -0.2) is 36.4 Å². The normalized spacial score (nSPS) is 10.6. The maximum Gasteiger partial charge on any atom is 0.309 e. The monoisotopic (exact) mass is 491 g/mol. The lowest BCUT2D eigenvalue weighted by Gasteiger charge is -2.11. The van der Waals surface area contributed by atoms with Gasteiger partial charge in [-0.3, -0.25) is 25.2 Å². The molecule has 10 heteroatoms. The summed E-state index contributed by atoms with van der Waals surface area (Å²) in [7, 11) is 0. The average molecular weight is 492 g/mol. The Morgan fingerprint density at radius 1 is 0.703 bits per heavy atom. The average Bonchev–Trinajstić information content (AvgIpc) is 3.39. The van der Waals surface area contributed by atoms with Gasteiger partial charge in [0.25, 0.3) is 5.91 Å². The van der Waals surface area contributed by atoms with Crippen LogP contribution in [-0.2, 0) is 0 Å².